The molecule has 0 saturated heterocycles. The Hall–Kier alpha value is -1.15. The zero-order chi connectivity index (χ0) is 11.4. The molecule has 2 aliphatic carbocycles. The number of isocyanates is 1. The molecule has 1 N–H and O–H groups in total. The first kappa shape index (κ1) is 11.3. The van der Waals surface area contributed by atoms with Crippen LogP contribution in [0.15, 0.2) is 4.99 Å². The van der Waals surface area contributed by atoms with E-state index in [0.717, 1.165) is 25.7 Å². The molecular weight excluding hydrogens is 204 g/mol. The van der Waals surface area contributed by atoms with Crippen molar-refractivity contribution in [2.24, 2.45) is 4.99 Å². The molecule has 16 heavy (non-hydrogen) atoms. The molecule has 2 rings (SSSR count). The molecule has 0 aromatic carbocycles. The van der Waals surface area contributed by atoms with Gasteiger partial charge in [0.05, 0.1) is 0 Å². The van der Waals surface area contributed by atoms with E-state index < -0.39 is 5.54 Å². The van der Waals surface area contributed by atoms with E-state index in [0.29, 0.717) is 18.9 Å². The maximum absolute atomic E-state index is 12.1. The normalized spacial score (nSPS) is 24.0. The van der Waals surface area contributed by atoms with Gasteiger partial charge in [-0.25, -0.2) is 4.79 Å². The van der Waals surface area contributed by atoms with E-state index in [-0.39, 0.29) is 5.91 Å². The van der Waals surface area contributed by atoms with Crippen LogP contribution in [-0.2, 0) is 9.59 Å². The molecule has 0 aliphatic heterocycles. The highest BCUT2D eigenvalue weighted by Crippen LogP contribution is 2.33. The fourth-order valence-electron chi connectivity index (χ4n) is 2.83. The predicted molar refractivity (Wildman–Crippen MR) is 59.7 cm³/mol. The summed E-state index contributed by atoms with van der Waals surface area (Å²) in [7, 11) is 0. The van der Waals surface area contributed by atoms with Crippen molar-refractivity contribution in [3.63, 3.8) is 0 Å². The topological polar surface area (TPSA) is 58.5 Å². The molecule has 88 valence electrons. The number of carbonyl (C=O) groups is 1. The fraction of sp³-hybridized carbons (Fsp3) is 0.833. The molecule has 0 spiro atoms. The van der Waals surface area contributed by atoms with E-state index in [1.807, 2.05) is 0 Å². The second-order valence-electron chi connectivity index (χ2n) is 4.90. The lowest BCUT2D eigenvalue weighted by Gasteiger charge is -2.23. The number of nitrogens with zero attached hydrogens (tertiary/aromatic N) is 1. The maximum Gasteiger partial charge on any atom is 0.249 e. The smallest absolute Gasteiger partial charge is 0.249 e. The quantitative estimate of drug-likeness (QED) is 0.583. The molecule has 2 fully saturated rings. The second-order valence-corrected chi connectivity index (χ2v) is 4.90. The summed E-state index contributed by atoms with van der Waals surface area (Å²) >= 11 is 0. The lowest BCUT2D eigenvalue weighted by molar-refractivity contribution is -0.126. The Morgan fingerprint density at radius 2 is 1.81 bits per heavy atom. The van der Waals surface area contributed by atoms with Crippen molar-refractivity contribution in [2.75, 3.05) is 0 Å². The van der Waals surface area contributed by atoms with E-state index in [2.05, 4.69) is 10.3 Å². The number of amides is 1. The Kier molecular flexibility index (Phi) is 3.39. The van der Waals surface area contributed by atoms with Crippen LogP contribution < -0.4 is 5.32 Å². The molecule has 0 heterocycles. The van der Waals surface area contributed by atoms with Crippen molar-refractivity contribution in [1.82, 2.24) is 5.32 Å². The number of carbonyl (C=O) groups excluding carboxylic acids is 2. The molecule has 0 aromatic heterocycles. The summed E-state index contributed by atoms with van der Waals surface area (Å²) in [6.07, 6.45) is 9.41. The highest BCUT2D eigenvalue weighted by Gasteiger charge is 2.42. The SMILES string of the molecule is O=C=NC1(C(=O)NC2CCCC2)CCCC1. The lowest BCUT2D eigenvalue weighted by atomic mass is 9.97. The van der Waals surface area contributed by atoms with Crippen molar-refractivity contribution in [1.29, 1.82) is 0 Å². The zero-order valence-corrected chi connectivity index (χ0v) is 9.50. The molecular formula is C12H18N2O2. The summed E-state index contributed by atoms with van der Waals surface area (Å²) in [5.41, 5.74) is -0.787. The van der Waals surface area contributed by atoms with Crippen LogP contribution >= 0.6 is 0 Å². The predicted octanol–water partition coefficient (Wildman–Crippen LogP) is 1.69. The average molecular weight is 222 g/mol. The molecule has 1 amide bonds. The maximum atomic E-state index is 12.1. The van der Waals surface area contributed by atoms with Crippen molar-refractivity contribution in [3.05, 3.63) is 0 Å². The van der Waals surface area contributed by atoms with Crippen molar-refractivity contribution >= 4 is 12.0 Å². The van der Waals surface area contributed by atoms with Gasteiger partial charge in [-0.15, -0.1) is 0 Å². The minimum absolute atomic E-state index is 0.0553. The minimum atomic E-state index is -0.787. The van der Waals surface area contributed by atoms with Gasteiger partial charge in [-0.05, 0) is 25.7 Å². The third-order valence-corrected chi connectivity index (χ3v) is 3.80. The van der Waals surface area contributed by atoms with Crippen LogP contribution in [0, 0.1) is 0 Å². The Morgan fingerprint density at radius 3 is 2.38 bits per heavy atom. The summed E-state index contributed by atoms with van der Waals surface area (Å²) in [6.45, 7) is 0. The molecule has 4 nitrogen and oxygen atoms in total. The number of rotatable bonds is 3. The van der Waals surface area contributed by atoms with Crippen LogP contribution in [0.25, 0.3) is 0 Å². The summed E-state index contributed by atoms with van der Waals surface area (Å²) in [4.78, 5) is 26.3. The molecule has 0 atom stereocenters. The fourth-order valence-corrected chi connectivity index (χ4v) is 2.83. The second kappa shape index (κ2) is 4.79. The van der Waals surface area contributed by atoms with E-state index in [4.69, 9.17) is 0 Å². The van der Waals surface area contributed by atoms with Gasteiger partial charge in [0.15, 0.2) is 5.54 Å². The molecule has 4 heteroatoms. The molecule has 2 aliphatic rings. The molecule has 0 unspecified atom stereocenters. The molecule has 0 bridgehead atoms. The number of hydrogen-bond acceptors (Lipinski definition) is 3. The van der Waals surface area contributed by atoms with Gasteiger partial charge in [0, 0.05) is 6.04 Å². The third kappa shape index (κ3) is 2.17. The number of hydrogen-bond donors (Lipinski definition) is 1. The Bertz CT molecular complexity index is 309. The van der Waals surface area contributed by atoms with Crippen LogP contribution in [0.3, 0.4) is 0 Å². The van der Waals surface area contributed by atoms with Gasteiger partial charge in [-0.3, -0.25) is 4.79 Å². The van der Waals surface area contributed by atoms with Crippen molar-refractivity contribution in [3.8, 4) is 0 Å². The first-order valence-corrected chi connectivity index (χ1v) is 6.17. The minimum Gasteiger partial charge on any atom is -0.351 e. The monoisotopic (exact) mass is 222 g/mol. The Morgan fingerprint density at radius 1 is 1.19 bits per heavy atom. The van der Waals surface area contributed by atoms with E-state index in [1.54, 1.807) is 6.08 Å². The van der Waals surface area contributed by atoms with Gasteiger partial charge in [-0.1, -0.05) is 25.7 Å². The number of aliphatic imine (C=N–C) groups is 1. The summed E-state index contributed by atoms with van der Waals surface area (Å²) in [6, 6.07) is 0.298. The third-order valence-electron chi connectivity index (χ3n) is 3.80. The van der Waals surface area contributed by atoms with E-state index >= 15 is 0 Å². The van der Waals surface area contributed by atoms with Crippen LogP contribution in [-0.4, -0.2) is 23.6 Å². The summed E-state index contributed by atoms with van der Waals surface area (Å²) in [5, 5.41) is 3.03. The van der Waals surface area contributed by atoms with Gasteiger partial charge in [0.1, 0.15) is 0 Å². The summed E-state index contributed by atoms with van der Waals surface area (Å²) < 4.78 is 0. The van der Waals surface area contributed by atoms with Crippen LogP contribution in [0.5, 0.6) is 0 Å². The highest BCUT2D eigenvalue weighted by atomic mass is 16.2. The van der Waals surface area contributed by atoms with Crippen LogP contribution in [0.2, 0.25) is 0 Å². The zero-order valence-electron chi connectivity index (χ0n) is 9.50. The Balaban J connectivity index is 2.02. The van der Waals surface area contributed by atoms with Crippen molar-refractivity contribution in [2.45, 2.75) is 62.9 Å². The van der Waals surface area contributed by atoms with Crippen LogP contribution in [0.1, 0.15) is 51.4 Å². The van der Waals surface area contributed by atoms with Gasteiger partial charge in [-0.2, -0.15) is 4.99 Å². The van der Waals surface area contributed by atoms with E-state index in [1.165, 1.54) is 12.8 Å². The first-order chi connectivity index (χ1) is 7.77. The van der Waals surface area contributed by atoms with Crippen LogP contribution in [0.4, 0.5) is 0 Å². The van der Waals surface area contributed by atoms with Gasteiger partial charge in [0.25, 0.3) is 0 Å². The average Bonchev–Trinajstić information content (AvgIpc) is 2.89. The summed E-state index contributed by atoms with van der Waals surface area (Å²) in [5.74, 6) is -0.0553. The van der Waals surface area contributed by atoms with Gasteiger partial charge >= 0.3 is 0 Å². The first-order valence-electron chi connectivity index (χ1n) is 6.17. The molecule has 0 aromatic rings. The Labute approximate surface area is 95.5 Å². The number of nitrogens with one attached hydrogen (secondary N) is 1. The standard InChI is InChI=1S/C12H18N2O2/c15-9-13-12(7-3-4-8-12)11(16)14-10-5-1-2-6-10/h10H,1-8H2,(H,14,16). The van der Waals surface area contributed by atoms with Crippen molar-refractivity contribution < 1.29 is 9.59 Å². The highest BCUT2D eigenvalue weighted by molar-refractivity contribution is 5.87. The largest absolute Gasteiger partial charge is 0.351 e. The molecule has 2 saturated carbocycles. The molecule has 0 radical (unpaired) electrons. The lowest BCUT2D eigenvalue weighted by Crippen LogP contribution is -2.46. The van der Waals surface area contributed by atoms with E-state index in [9.17, 15) is 9.59 Å². The van der Waals surface area contributed by atoms with Gasteiger partial charge < -0.3 is 5.32 Å². The van der Waals surface area contributed by atoms with Gasteiger partial charge in [0.2, 0.25) is 12.0 Å².